The Hall–Kier alpha value is -6.77. The lowest BCUT2D eigenvalue weighted by molar-refractivity contribution is 0.584. The predicted octanol–water partition coefficient (Wildman–Crippen LogP) is 14.7. The van der Waals surface area contributed by atoms with Crippen LogP contribution >= 0.6 is 0 Å². The molecule has 0 unspecified atom stereocenters. The Morgan fingerprint density at radius 2 is 1.11 bits per heavy atom. The van der Waals surface area contributed by atoms with Crippen molar-refractivity contribution in [3.63, 3.8) is 0 Å². The summed E-state index contributed by atoms with van der Waals surface area (Å²) in [5.41, 5.74) is 14.7. The molecule has 0 atom stereocenters. The third kappa shape index (κ3) is 6.12. The molecule has 0 fully saturated rings. The Labute approximate surface area is 316 Å². The minimum absolute atomic E-state index is 0.645. The van der Waals surface area contributed by atoms with Gasteiger partial charge >= 0.3 is 0 Å². The summed E-state index contributed by atoms with van der Waals surface area (Å²) < 4.78 is 6.20. The van der Waals surface area contributed by atoms with Crippen LogP contribution in [-0.4, -0.2) is 4.98 Å². The monoisotopic (exact) mass is 693 g/mol. The lowest BCUT2D eigenvalue weighted by atomic mass is 9.84. The smallest absolute Gasteiger partial charge is 0.222 e. The van der Waals surface area contributed by atoms with Crippen LogP contribution in [0.5, 0.6) is 0 Å². The molecule has 0 saturated carbocycles. The molecule has 54 heavy (non-hydrogen) atoms. The quantitative estimate of drug-likeness (QED) is 0.117. The fraction of sp³-hybridized carbons (Fsp3) is 0.0577. The predicted molar refractivity (Wildman–Crippen MR) is 229 cm³/mol. The van der Waals surface area contributed by atoms with E-state index in [2.05, 4.69) is 178 Å². The average molecular weight is 694 g/mol. The molecule has 0 aliphatic carbocycles. The van der Waals surface area contributed by atoms with E-state index in [1.807, 2.05) is 24.3 Å². The number of aromatic nitrogens is 1. The topological polar surface area (TPSA) is 26.0 Å². The third-order valence-corrected chi connectivity index (χ3v) is 10.3. The standard InChI is InChI=1S/C52H39NO/c1-3-17-40(32-35(2)52-53-48-28-14-15-29-49(48)54-52)50-43-24-10-12-26-45(43)51(46-27-13-11-25-44(46)50)41-23-16-22-39(33-41)42-31-30-38(36-18-6-4-7-19-36)34-47(42)37-20-8-5-9-21-37/h4-34H,3H2,1-2H3/b35-32+,40-17+. The summed E-state index contributed by atoms with van der Waals surface area (Å²) in [7, 11) is 0. The SMILES string of the molecule is CC/C=C(\C=C(/C)c1nc2ccccc2o1)c1c2ccccc2c(-c2cccc(-c3ccc(-c4ccccc4)cc3-c3ccccc3)c2)c2ccccc12. The van der Waals surface area contributed by atoms with Crippen LogP contribution in [0, 0.1) is 0 Å². The number of benzene rings is 8. The molecule has 1 aromatic heterocycles. The highest BCUT2D eigenvalue weighted by Gasteiger charge is 2.19. The Kier molecular flexibility index (Phi) is 8.78. The second-order valence-corrected chi connectivity index (χ2v) is 13.8. The highest BCUT2D eigenvalue weighted by atomic mass is 16.3. The van der Waals surface area contributed by atoms with Crippen molar-refractivity contribution < 1.29 is 4.42 Å². The first-order valence-electron chi connectivity index (χ1n) is 18.7. The normalized spacial score (nSPS) is 12.2. The first-order valence-corrected chi connectivity index (χ1v) is 18.7. The van der Waals surface area contributed by atoms with E-state index in [-0.39, 0.29) is 0 Å². The number of fused-ring (bicyclic) bond motifs is 3. The molecular formula is C52H39NO. The molecule has 0 spiro atoms. The van der Waals surface area contributed by atoms with Crippen LogP contribution in [0.3, 0.4) is 0 Å². The third-order valence-electron chi connectivity index (χ3n) is 10.3. The fourth-order valence-corrected chi connectivity index (χ4v) is 7.84. The lowest BCUT2D eigenvalue weighted by Gasteiger charge is -2.19. The van der Waals surface area contributed by atoms with Gasteiger partial charge in [0.05, 0.1) is 0 Å². The summed E-state index contributed by atoms with van der Waals surface area (Å²) >= 11 is 0. The van der Waals surface area contributed by atoms with E-state index in [1.165, 1.54) is 71.6 Å². The molecule has 0 radical (unpaired) electrons. The van der Waals surface area contributed by atoms with Gasteiger partial charge in [-0.25, -0.2) is 4.98 Å². The van der Waals surface area contributed by atoms with E-state index in [9.17, 15) is 0 Å². The summed E-state index contributed by atoms with van der Waals surface area (Å²) in [5, 5.41) is 4.88. The van der Waals surface area contributed by atoms with Crippen LogP contribution < -0.4 is 0 Å². The summed E-state index contributed by atoms with van der Waals surface area (Å²) in [4.78, 5) is 4.81. The number of hydrogen-bond donors (Lipinski definition) is 0. The van der Waals surface area contributed by atoms with Crippen molar-refractivity contribution in [3.05, 3.63) is 200 Å². The van der Waals surface area contributed by atoms with Crippen molar-refractivity contribution >= 4 is 43.8 Å². The lowest BCUT2D eigenvalue weighted by Crippen LogP contribution is -1.94. The molecule has 0 N–H and O–H groups in total. The van der Waals surface area contributed by atoms with Crippen LogP contribution in [0.25, 0.3) is 88.3 Å². The molecule has 8 aromatic carbocycles. The largest absolute Gasteiger partial charge is 0.436 e. The van der Waals surface area contributed by atoms with Crippen molar-refractivity contribution in [1.82, 2.24) is 4.98 Å². The van der Waals surface area contributed by atoms with Gasteiger partial charge in [-0.05, 0) is 121 Å². The molecule has 258 valence electrons. The maximum Gasteiger partial charge on any atom is 0.222 e. The fourth-order valence-electron chi connectivity index (χ4n) is 7.84. The van der Waals surface area contributed by atoms with Crippen molar-refractivity contribution in [3.8, 4) is 44.5 Å². The molecule has 0 bridgehead atoms. The van der Waals surface area contributed by atoms with E-state index in [0.717, 1.165) is 28.7 Å². The maximum absolute atomic E-state index is 6.20. The number of allylic oxidation sites excluding steroid dienone is 4. The summed E-state index contributed by atoms with van der Waals surface area (Å²) in [6, 6.07) is 63.0. The Bertz CT molecular complexity index is 2770. The van der Waals surface area contributed by atoms with E-state index in [0.29, 0.717) is 5.89 Å². The van der Waals surface area contributed by atoms with E-state index >= 15 is 0 Å². The number of nitrogens with zero attached hydrogens (tertiary/aromatic N) is 1. The highest BCUT2D eigenvalue weighted by molar-refractivity contribution is 6.20. The van der Waals surface area contributed by atoms with Crippen LogP contribution in [-0.2, 0) is 0 Å². The highest BCUT2D eigenvalue weighted by Crippen LogP contribution is 2.44. The molecule has 2 heteroatoms. The van der Waals surface area contributed by atoms with E-state index in [1.54, 1.807) is 0 Å². The van der Waals surface area contributed by atoms with Crippen molar-refractivity contribution in [1.29, 1.82) is 0 Å². The van der Waals surface area contributed by atoms with Gasteiger partial charge in [0.2, 0.25) is 5.89 Å². The first kappa shape index (κ1) is 33.1. The van der Waals surface area contributed by atoms with E-state index < -0.39 is 0 Å². The zero-order valence-electron chi connectivity index (χ0n) is 30.5. The number of hydrogen-bond acceptors (Lipinski definition) is 2. The molecule has 0 saturated heterocycles. The van der Waals surface area contributed by atoms with Gasteiger partial charge in [-0.3, -0.25) is 0 Å². The maximum atomic E-state index is 6.20. The first-order chi connectivity index (χ1) is 26.7. The Balaban J connectivity index is 1.22. The van der Waals surface area contributed by atoms with Crippen molar-refractivity contribution in [2.24, 2.45) is 0 Å². The van der Waals surface area contributed by atoms with Gasteiger partial charge in [0.25, 0.3) is 0 Å². The Morgan fingerprint density at radius 1 is 0.519 bits per heavy atom. The summed E-state index contributed by atoms with van der Waals surface area (Å²) in [6.45, 7) is 4.29. The zero-order chi connectivity index (χ0) is 36.4. The van der Waals surface area contributed by atoms with Crippen LogP contribution in [0.4, 0.5) is 0 Å². The molecule has 0 amide bonds. The summed E-state index contributed by atoms with van der Waals surface area (Å²) in [6.07, 6.45) is 5.46. The molecule has 9 rings (SSSR count). The average Bonchev–Trinajstić information content (AvgIpc) is 3.68. The molecule has 2 nitrogen and oxygen atoms in total. The molecule has 1 heterocycles. The van der Waals surface area contributed by atoms with Gasteiger partial charge in [-0.1, -0.05) is 165 Å². The Morgan fingerprint density at radius 3 is 1.80 bits per heavy atom. The van der Waals surface area contributed by atoms with Crippen LogP contribution in [0.1, 0.15) is 31.7 Å². The number of para-hydroxylation sites is 2. The molecule has 9 aromatic rings. The minimum atomic E-state index is 0.645. The second kappa shape index (κ2) is 14.3. The summed E-state index contributed by atoms with van der Waals surface area (Å²) in [5.74, 6) is 0.645. The van der Waals surface area contributed by atoms with E-state index in [4.69, 9.17) is 9.40 Å². The van der Waals surface area contributed by atoms with Gasteiger partial charge < -0.3 is 4.42 Å². The zero-order valence-corrected chi connectivity index (χ0v) is 30.5. The molecule has 0 aliphatic heterocycles. The molecule has 0 aliphatic rings. The minimum Gasteiger partial charge on any atom is -0.436 e. The number of oxazole rings is 1. The number of rotatable bonds is 8. The van der Waals surface area contributed by atoms with Gasteiger partial charge in [0.15, 0.2) is 5.58 Å². The van der Waals surface area contributed by atoms with Gasteiger partial charge in [-0.15, -0.1) is 0 Å². The molecular weight excluding hydrogens is 655 g/mol. The van der Waals surface area contributed by atoms with Crippen molar-refractivity contribution in [2.75, 3.05) is 0 Å². The van der Waals surface area contributed by atoms with Crippen LogP contribution in [0.2, 0.25) is 0 Å². The second-order valence-electron chi connectivity index (χ2n) is 13.8. The van der Waals surface area contributed by atoms with Gasteiger partial charge in [0.1, 0.15) is 5.52 Å². The van der Waals surface area contributed by atoms with Gasteiger partial charge in [-0.2, -0.15) is 0 Å². The van der Waals surface area contributed by atoms with Crippen molar-refractivity contribution in [2.45, 2.75) is 20.3 Å². The van der Waals surface area contributed by atoms with Gasteiger partial charge in [0, 0.05) is 5.57 Å². The van der Waals surface area contributed by atoms with Crippen LogP contribution in [0.15, 0.2) is 192 Å².